The van der Waals surface area contributed by atoms with Gasteiger partial charge in [-0.15, -0.1) is 0 Å². The summed E-state index contributed by atoms with van der Waals surface area (Å²) in [7, 11) is 0. The third-order valence-electron chi connectivity index (χ3n) is 8.25. The molecule has 0 amide bonds. The Bertz CT molecular complexity index is 2020. The van der Waals surface area contributed by atoms with Crippen molar-refractivity contribution in [2.24, 2.45) is 9.98 Å². The number of fused-ring (bicyclic) bond motifs is 2. The van der Waals surface area contributed by atoms with Crippen molar-refractivity contribution < 1.29 is 30.0 Å². The molecule has 0 aromatic heterocycles. The molecule has 6 aromatic carbocycles. The molecule has 0 spiro atoms. The number of aromatic hydroxyl groups is 2. The van der Waals surface area contributed by atoms with E-state index in [2.05, 4.69) is 9.98 Å². The van der Waals surface area contributed by atoms with Gasteiger partial charge in [-0.2, -0.15) is 0 Å². The van der Waals surface area contributed by atoms with Crippen LogP contribution in [0.4, 0.5) is 0 Å². The normalized spacial score (nSPS) is 12.9. The monoisotopic (exact) mass is 636 g/mol. The smallest absolute Gasteiger partial charge is 0.328 e. The van der Waals surface area contributed by atoms with Crippen LogP contribution >= 0.6 is 0 Å². The van der Waals surface area contributed by atoms with Crippen LogP contribution in [-0.4, -0.2) is 56.9 Å². The topological polar surface area (TPSA) is 140 Å². The Kier molecular flexibility index (Phi) is 9.25. The molecular weight excluding hydrogens is 604 g/mol. The molecule has 0 saturated heterocycles. The highest BCUT2D eigenvalue weighted by molar-refractivity contribution is 6.14. The molecule has 0 heterocycles. The highest BCUT2D eigenvalue weighted by atomic mass is 16.4. The Morgan fingerprint density at radius 2 is 0.896 bits per heavy atom. The van der Waals surface area contributed by atoms with Gasteiger partial charge in [0, 0.05) is 47.5 Å². The first-order valence-corrected chi connectivity index (χ1v) is 15.4. The quantitative estimate of drug-likeness (QED) is 0.110. The Hall–Kier alpha value is -6.28. The highest BCUT2D eigenvalue weighted by Crippen LogP contribution is 2.47. The number of aliphatic carboxylic acids is 2. The number of carbonyl (C=O) groups is 2. The van der Waals surface area contributed by atoms with E-state index in [9.17, 15) is 30.0 Å². The summed E-state index contributed by atoms with van der Waals surface area (Å²) in [6, 6.07) is 34.4. The molecule has 0 aliphatic heterocycles. The summed E-state index contributed by atoms with van der Waals surface area (Å²) in [4.78, 5) is 33.0. The van der Waals surface area contributed by atoms with Gasteiger partial charge in [0.1, 0.15) is 11.5 Å². The first kappa shape index (κ1) is 31.7. The summed E-state index contributed by atoms with van der Waals surface area (Å²) in [6.45, 7) is 0. The van der Waals surface area contributed by atoms with Crippen LogP contribution in [0.3, 0.4) is 0 Å². The molecule has 8 nitrogen and oxygen atoms in total. The molecule has 0 aliphatic rings. The fraction of sp³-hybridized carbons (Fsp3) is 0.100. The maximum atomic E-state index is 12.1. The Morgan fingerprint density at radius 3 is 1.27 bits per heavy atom. The molecule has 6 aromatic rings. The highest BCUT2D eigenvalue weighted by Gasteiger charge is 2.23. The number of phenols is 2. The summed E-state index contributed by atoms with van der Waals surface area (Å²) in [5.74, 6) is -2.58. The lowest BCUT2D eigenvalue weighted by Crippen LogP contribution is -2.21. The van der Waals surface area contributed by atoms with Crippen LogP contribution in [-0.2, 0) is 22.4 Å². The van der Waals surface area contributed by atoms with E-state index < -0.39 is 24.0 Å². The summed E-state index contributed by atoms with van der Waals surface area (Å²) in [5.41, 5.74) is 2.84. The van der Waals surface area contributed by atoms with E-state index in [1.54, 1.807) is 12.1 Å². The predicted octanol–water partition coefficient (Wildman–Crippen LogP) is 7.30. The van der Waals surface area contributed by atoms with Crippen LogP contribution in [0.25, 0.3) is 32.7 Å². The average molecular weight is 637 g/mol. The largest absolute Gasteiger partial charge is 0.507 e. The summed E-state index contributed by atoms with van der Waals surface area (Å²) < 4.78 is 0. The average Bonchev–Trinajstić information content (AvgIpc) is 3.10. The number of carboxylic acid groups (broad SMARTS) is 2. The first-order valence-electron chi connectivity index (χ1n) is 15.4. The molecule has 0 fully saturated rings. The van der Waals surface area contributed by atoms with E-state index in [4.69, 9.17) is 0 Å². The van der Waals surface area contributed by atoms with E-state index in [-0.39, 0.29) is 35.5 Å². The molecule has 0 radical (unpaired) electrons. The Morgan fingerprint density at radius 1 is 0.542 bits per heavy atom. The molecule has 8 heteroatoms. The molecule has 2 atom stereocenters. The molecular formula is C40H32N2O6. The number of phenolic OH excluding ortho intramolecular Hbond substituents is 2. The van der Waals surface area contributed by atoms with Crippen molar-refractivity contribution in [2.75, 3.05) is 0 Å². The first-order chi connectivity index (χ1) is 23.3. The second-order valence-corrected chi connectivity index (χ2v) is 11.5. The van der Waals surface area contributed by atoms with E-state index in [0.717, 1.165) is 21.9 Å². The van der Waals surface area contributed by atoms with Crippen molar-refractivity contribution in [1.82, 2.24) is 0 Å². The summed E-state index contributed by atoms with van der Waals surface area (Å²) in [5, 5.41) is 46.3. The minimum Gasteiger partial charge on any atom is -0.507 e. The van der Waals surface area contributed by atoms with Gasteiger partial charge in [-0.3, -0.25) is 9.98 Å². The lowest BCUT2D eigenvalue weighted by atomic mass is 9.89. The SMILES string of the molecule is O=C(O)[C@H](Cc1ccccc1)N=Cc1cc2ccccc2c(-c2c(O)c(C=N[C@@H](Cc3ccccc3)C(=O)O)cc3ccccc23)c1O. The fourth-order valence-corrected chi connectivity index (χ4v) is 5.84. The Balaban J connectivity index is 1.49. The molecule has 4 N–H and O–H groups in total. The van der Waals surface area contributed by atoms with Gasteiger partial charge in [0.2, 0.25) is 0 Å². The van der Waals surface area contributed by atoms with E-state index >= 15 is 0 Å². The number of hydrogen-bond acceptors (Lipinski definition) is 6. The molecule has 0 unspecified atom stereocenters. The van der Waals surface area contributed by atoms with Crippen molar-refractivity contribution in [2.45, 2.75) is 24.9 Å². The van der Waals surface area contributed by atoms with Crippen LogP contribution in [0.5, 0.6) is 11.5 Å². The number of nitrogens with zero attached hydrogens (tertiary/aromatic N) is 2. The number of rotatable bonds is 11. The number of benzene rings is 6. The minimum atomic E-state index is -1.10. The number of hydrogen-bond donors (Lipinski definition) is 4. The zero-order valence-corrected chi connectivity index (χ0v) is 25.8. The maximum Gasteiger partial charge on any atom is 0.328 e. The molecule has 0 bridgehead atoms. The lowest BCUT2D eigenvalue weighted by Gasteiger charge is -2.18. The molecule has 238 valence electrons. The van der Waals surface area contributed by atoms with Gasteiger partial charge in [-0.1, -0.05) is 109 Å². The standard InChI is InChI=1S/C40H32N2O6/c43-37-29(23-41-33(39(45)46)19-25-11-3-1-4-12-25)21-27-15-7-9-17-31(27)35(37)36-32-18-10-8-16-28(32)22-30(38(36)44)24-42-34(40(47)48)20-26-13-5-2-6-14-26/h1-18,21-24,33-34,43-44H,19-20H2,(H,45,46)(H,47,48)/t33-,34-/m0/s1. The van der Waals surface area contributed by atoms with Crippen LogP contribution in [0.1, 0.15) is 22.3 Å². The molecule has 0 aliphatic carbocycles. The van der Waals surface area contributed by atoms with Gasteiger partial charge in [-0.05, 0) is 44.8 Å². The zero-order chi connectivity index (χ0) is 33.6. The van der Waals surface area contributed by atoms with Crippen molar-refractivity contribution in [3.8, 4) is 22.6 Å². The second kappa shape index (κ2) is 14.0. The zero-order valence-electron chi connectivity index (χ0n) is 25.8. The molecule has 0 saturated carbocycles. The summed E-state index contributed by atoms with van der Waals surface area (Å²) >= 11 is 0. The maximum absolute atomic E-state index is 12.1. The Labute approximate surface area is 276 Å². The molecule has 48 heavy (non-hydrogen) atoms. The van der Waals surface area contributed by atoms with E-state index in [1.165, 1.54) is 12.4 Å². The van der Waals surface area contributed by atoms with Gasteiger partial charge in [-0.25, -0.2) is 9.59 Å². The molecule has 6 rings (SSSR count). The predicted molar refractivity (Wildman–Crippen MR) is 189 cm³/mol. The fourth-order valence-electron chi connectivity index (χ4n) is 5.84. The van der Waals surface area contributed by atoms with Crippen LogP contribution < -0.4 is 0 Å². The van der Waals surface area contributed by atoms with Crippen LogP contribution in [0, 0.1) is 0 Å². The van der Waals surface area contributed by atoms with Crippen molar-refractivity contribution >= 4 is 45.9 Å². The lowest BCUT2D eigenvalue weighted by molar-refractivity contribution is -0.139. The number of carboxylic acids is 2. The van der Waals surface area contributed by atoms with Crippen molar-refractivity contribution in [1.29, 1.82) is 0 Å². The third kappa shape index (κ3) is 6.78. The number of aliphatic imine (C=N–C) groups is 2. The third-order valence-corrected chi connectivity index (χ3v) is 8.25. The van der Waals surface area contributed by atoms with Crippen molar-refractivity contribution in [3.05, 3.63) is 144 Å². The summed E-state index contributed by atoms with van der Waals surface area (Å²) in [6.07, 6.45) is 3.06. The van der Waals surface area contributed by atoms with E-state index in [1.807, 2.05) is 109 Å². The van der Waals surface area contributed by atoms with Gasteiger partial charge in [0.25, 0.3) is 0 Å². The van der Waals surface area contributed by atoms with Gasteiger partial charge < -0.3 is 20.4 Å². The van der Waals surface area contributed by atoms with Crippen LogP contribution in [0.2, 0.25) is 0 Å². The van der Waals surface area contributed by atoms with E-state index in [0.29, 0.717) is 21.9 Å². The van der Waals surface area contributed by atoms with Crippen molar-refractivity contribution in [3.63, 3.8) is 0 Å². The minimum absolute atomic E-state index is 0.169. The van der Waals surface area contributed by atoms with Crippen LogP contribution in [0.15, 0.2) is 131 Å². The van der Waals surface area contributed by atoms with Gasteiger partial charge >= 0.3 is 11.9 Å². The van der Waals surface area contributed by atoms with Gasteiger partial charge in [0.05, 0.1) is 0 Å². The second-order valence-electron chi connectivity index (χ2n) is 11.5. The van der Waals surface area contributed by atoms with Gasteiger partial charge in [0.15, 0.2) is 12.1 Å².